The second-order valence-corrected chi connectivity index (χ2v) is 7.06. The Bertz CT molecular complexity index is 647. The van der Waals surface area contributed by atoms with E-state index >= 15 is 0 Å². The minimum absolute atomic E-state index is 0.196. The molecule has 1 saturated heterocycles. The standard InChI is InChI=1S/C15H22N2O5S/c1-3-22-15(18)16-8-5-9-17(11-10-16)23(19,20)14-7-4-6-13(12-14)21-2/h4,6-7,12H,3,5,8-11H2,1-2H3. The smallest absolute Gasteiger partial charge is 0.409 e. The number of amides is 1. The van der Waals surface area contributed by atoms with Gasteiger partial charge in [0, 0.05) is 32.2 Å². The van der Waals surface area contributed by atoms with E-state index in [0.29, 0.717) is 38.4 Å². The molecule has 1 aliphatic heterocycles. The van der Waals surface area contributed by atoms with Gasteiger partial charge in [-0.3, -0.25) is 0 Å². The molecule has 0 atom stereocenters. The molecule has 128 valence electrons. The minimum Gasteiger partial charge on any atom is -0.497 e. The number of methoxy groups -OCH3 is 1. The number of hydrogen-bond donors (Lipinski definition) is 0. The molecule has 1 aromatic rings. The van der Waals surface area contributed by atoms with E-state index in [1.54, 1.807) is 30.0 Å². The lowest BCUT2D eigenvalue weighted by molar-refractivity contribution is 0.109. The number of carbonyl (C=O) groups is 1. The van der Waals surface area contributed by atoms with E-state index in [4.69, 9.17) is 9.47 Å². The van der Waals surface area contributed by atoms with Gasteiger partial charge in [0.25, 0.3) is 0 Å². The monoisotopic (exact) mass is 342 g/mol. The summed E-state index contributed by atoms with van der Waals surface area (Å²) in [7, 11) is -2.11. The Balaban J connectivity index is 2.13. The van der Waals surface area contributed by atoms with E-state index in [1.807, 2.05) is 0 Å². The van der Waals surface area contributed by atoms with Crippen LogP contribution in [0.4, 0.5) is 4.79 Å². The molecule has 1 amide bonds. The van der Waals surface area contributed by atoms with Crippen molar-refractivity contribution in [3.63, 3.8) is 0 Å². The van der Waals surface area contributed by atoms with Crippen LogP contribution >= 0.6 is 0 Å². The summed E-state index contributed by atoms with van der Waals surface area (Å²) in [6.45, 7) is 3.48. The van der Waals surface area contributed by atoms with Crippen LogP contribution in [0, 0.1) is 0 Å². The lowest BCUT2D eigenvalue weighted by atomic mass is 10.3. The Morgan fingerprint density at radius 2 is 2.00 bits per heavy atom. The molecule has 0 aromatic heterocycles. The molecule has 7 nitrogen and oxygen atoms in total. The first kappa shape index (κ1) is 17.6. The van der Waals surface area contributed by atoms with Crippen molar-refractivity contribution in [3.8, 4) is 5.75 Å². The van der Waals surface area contributed by atoms with Gasteiger partial charge in [0.2, 0.25) is 10.0 Å². The summed E-state index contributed by atoms with van der Waals surface area (Å²) in [4.78, 5) is 13.5. The van der Waals surface area contributed by atoms with Crippen LogP contribution in [0.5, 0.6) is 5.75 Å². The van der Waals surface area contributed by atoms with Crippen LogP contribution in [0.25, 0.3) is 0 Å². The zero-order chi connectivity index (χ0) is 16.9. The summed E-state index contributed by atoms with van der Waals surface area (Å²) in [6.07, 6.45) is 0.176. The first-order chi connectivity index (χ1) is 11.0. The topological polar surface area (TPSA) is 76.2 Å². The summed E-state index contributed by atoms with van der Waals surface area (Å²) in [6, 6.07) is 6.40. The Labute approximate surface area is 136 Å². The van der Waals surface area contributed by atoms with Gasteiger partial charge >= 0.3 is 6.09 Å². The van der Waals surface area contributed by atoms with E-state index in [9.17, 15) is 13.2 Å². The summed E-state index contributed by atoms with van der Waals surface area (Å²) in [5.74, 6) is 0.494. The van der Waals surface area contributed by atoms with E-state index in [-0.39, 0.29) is 11.4 Å². The zero-order valence-corrected chi connectivity index (χ0v) is 14.2. The van der Waals surface area contributed by atoms with Crippen LogP contribution in [0.3, 0.4) is 0 Å². The maximum absolute atomic E-state index is 12.7. The van der Waals surface area contributed by atoms with Gasteiger partial charge in [0.05, 0.1) is 18.6 Å². The molecule has 23 heavy (non-hydrogen) atoms. The SMILES string of the molecule is CCOC(=O)N1CCCN(S(=O)(=O)c2cccc(OC)c2)CC1. The Morgan fingerprint density at radius 3 is 2.70 bits per heavy atom. The maximum Gasteiger partial charge on any atom is 0.409 e. The number of ether oxygens (including phenoxy) is 2. The van der Waals surface area contributed by atoms with Crippen molar-refractivity contribution in [1.82, 2.24) is 9.21 Å². The molecule has 0 radical (unpaired) electrons. The van der Waals surface area contributed by atoms with E-state index in [1.165, 1.54) is 17.5 Å². The van der Waals surface area contributed by atoms with Gasteiger partial charge in [-0.25, -0.2) is 13.2 Å². The second kappa shape index (κ2) is 7.65. The fraction of sp³-hybridized carbons (Fsp3) is 0.533. The normalized spacial score (nSPS) is 16.7. The summed E-state index contributed by atoms with van der Waals surface area (Å²) in [5, 5.41) is 0. The number of hydrogen-bond acceptors (Lipinski definition) is 5. The number of benzene rings is 1. The van der Waals surface area contributed by atoms with Crippen LogP contribution in [0.15, 0.2) is 29.2 Å². The van der Waals surface area contributed by atoms with Gasteiger partial charge in [-0.15, -0.1) is 0 Å². The van der Waals surface area contributed by atoms with Gasteiger partial charge in [-0.1, -0.05) is 6.07 Å². The van der Waals surface area contributed by atoms with Gasteiger partial charge in [-0.05, 0) is 25.5 Å². The summed E-state index contributed by atoms with van der Waals surface area (Å²) < 4.78 is 37.0. The third-order valence-corrected chi connectivity index (χ3v) is 5.55. The first-order valence-electron chi connectivity index (χ1n) is 7.55. The molecule has 8 heteroatoms. The van der Waals surface area contributed by atoms with Gasteiger partial charge in [0.1, 0.15) is 5.75 Å². The van der Waals surface area contributed by atoms with Crippen molar-refractivity contribution in [2.45, 2.75) is 18.2 Å². The van der Waals surface area contributed by atoms with Crippen LogP contribution in [0.2, 0.25) is 0 Å². The highest BCUT2D eigenvalue weighted by Crippen LogP contribution is 2.22. The zero-order valence-electron chi connectivity index (χ0n) is 13.4. The van der Waals surface area contributed by atoms with E-state index in [0.717, 1.165) is 0 Å². The number of rotatable bonds is 4. The number of carbonyl (C=O) groups excluding carboxylic acids is 1. The van der Waals surface area contributed by atoms with Crippen molar-refractivity contribution >= 4 is 16.1 Å². The van der Waals surface area contributed by atoms with Crippen LogP contribution in [0.1, 0.15) is 13.3 Å². The minimum atomic E-state index is -3.60. The summed E-state index contributed by atoms with van der Waals surface area (Å²) >= 11 is 0. The molecule has 0 N–H and O–H groups in total. The van der Waals surface area contributed by atoms with Crippen LogP contribution < -0.4 is 4.74 Å². The van der Waals surface area contributed by atoms with Crippen LogP contribution in [-0.4, -0.2) is 63.6 Å². The molecular weight excluding hydrogens is 320 g/mol. The molecule has 0 aliphatic carbocycles. The highest BCUT2D eigenvalue weighted by molar-refractivity contribution is 7.89. The Morgan fingerprint density at radius 1 is 1.22 bits per heavy atom. The fourth-order valence-electron chi connectivity index (χ4n) is 2.44. The average molecular weight is 342 g/mol. The fourth-order valence-corrected chi connectivity index (χ4v) is 3.95. The Hall–Kier alpha value is -1.80. The van der Waals surface area contributed by atoms with Crippen molar-refractivity contribution < 1.29 is 22.7 Å². The van der Waals surface area contributed by atoms with Crippen LogP contribution in [-0.2, 0) is 14.8 Å². The van der Waals surface area contributed by atoms with Crippen molar-refractivity contribution in [2.75, 3.05) is 39.9 Å². The largest absolute Gasteiger partial charge is 0.497 e. The lowest BCUT2D eigenvalue weighted by Crippen LogP contribution is -2.37. The predicted octanol–water partition coefficient (Wildman–Crippen LogP) is 1.55. The lowest BCUT2D eigenvalue weighted by Gasteiger charge is -2.21. The van der Waals surface area contributed by atoms with Gasteiger partial charge in [-0.2, -0.15) is 4.31 Å². The molecule has 1 heterocycles. The second-order valence-electron chi connectivity index (χ2n) is 5.12. The first-order valence-corrected chi connectivity index (χ1v) is 8.99. The van der Waals surface area contributed by atoms with Gasteiger partial charge in [0.15, 0.2) is 0 Å². The quantitative estimate of drug-likeness (QED) is 0.830. The highest BCUT2D eigenvalue weighted by Gasteiger charge is 2.28. The van der Waals surface area contributed by atoms with Crippen molar-refractivity contribution in [1.29, 1.82) is 0 Å². The molecule has 0 saturated carbocycles. The molecular formula is C15H22N2O5S. The third kappa shape index (κ3) is 4.14. The molecule has 1 fully saturated rings. The molecule has 0 bridgehead atoms. The average Bonchev–Trinajstić information content (AvgIpc) is 2.81. The number of nitrogens with zero attached hydrogens (tertiary/aromatic N) is 2. The maximum atomic E-state index is 12.7. The molecule has 0 spiro atoms. The number of sulfonamides is 1. The summed E-state index contributed by atoms with van der Waals surface area (Å²) in [5.41, 5.74) is 0. The molecule has 1 aliphatic rings. The predicted molar refractivity (Wildman–Crippen MR) is 85.0 cm³/mol. The molecule has 1 aromatic carbocycles. The highest BCUT2D eigenvalue weighted by atomic mass is 32.2. The molecule has 0 unspecified atom stereocenters. The third-order valence-electron chi connectivity index (χ3n) is 3.66. The van der Waals surface area contributed by atoms with E-state index < -0.39 is 16.1 Å². The van der Waals surface area contributed by atoms with E-state index in [2.05, 4.69) is 0 Å². The Kier molecular flexibility index (Phi) is 5.84. The molecule has 2 rings (SSSR count). The van der Waals surface area contributed by atoms with Gasteiger partial charge < -0.3 is 14.4 Å². The van der Waals surface area contributed by atoms with Crippen molar-refractivity contribution in [2.24, 2.45) is 0 Å². The van der Waals surface area contributed by atoms with Crippen molar-refractivity contribution in [3.05, 3.63) is 24.3 Å².